The Balaban J connectivity index is 1.74. The molecule has 0 bridgehead atoms. The normalized spacial score (nSPS) is 18.0. The summed E-state index contributed by atoms with van der Waals surface area (Å²) in [6.45, 7) is 0.247. The molecule has 28 heavy (non-hydrogen) atoms. The van der Waals surface area contributed by atoms with Gasteiger partial charge in [0.05, 0.1) is 24.2 Å². The van der Waals surface area contributed by atoms with Crippen molar-refractivity contribution in [2.45, 2.75) is 23.1 Å². The first-order chi connectivity index (χ1) is 13.3. The van der Waals surface area contributed by atoms with E-state index in [1.54, 1.807) is 25.2 Å². The second-order valence-electron chi connectivity index (χ2n) is 6.77. The highest BCUT2D eigenvalue weighted by Gasteiger charge is 2.29. The fourth-order valence-electron chi connectivity index (χ4n) is 3.14. The molecule has 2 aromatic rings. The van der Waals surface area contributed by atoms with Gasteiger partial charge in [-0.05, 0) is 36.2 Å². The zero-order valence-electron chi connectivity index (χ0n) is 15.7. The maximum absolute atomic E-state index is 13.9. The van der Waals surface area contributed by atoms with E-state index >= 15 is 0 Å². The lowest BCUT2D eigenvalue weighted by molar-refractivity contribution is 0.0781. The number of sulfone groups is 1. The molecule has 1 atom stereocenters. The van der Waals surface area contributed by atoms with E-state index in [-0.39, 0.29) is 35.0 Å². The SMILES string of the molecule is COc1ccc(CN(C)C(=O)c2ccccc2SC2CCS(=O)(=O)C2)cc1F. The molecule has 1 unspecified atom stereocenters. The number of methoxy groups -OCH3 is 1. The van der Waals surface area contributed by atoms with E-state index in [1.165, 1.54) is 35.9 Å². The van der Waals surface area contributed by atoms with Gasteiger partial charge in [0.1, 0.15) is 0 Å². The van der Waals surface area contributed by atoms with E-state index in [0.717, 1.165) is 4.90 Å². The second-order valence-corrected chi connectivity index (χ2v) is 10.3. The molecule has 1 heterocycles. The minimum Gasteiger partial charge on any atom is -0.494 e. The lowest BCUT2D eigenvalue weighted by atomic mass is 10.1. The van der Waals surface area contributed by atoms with E-state index in [0.29, 0.717) is 17.5 Å². The molecule has 1 aliphatic rings. The first kappa shape index (κ1) is 20.7. The van der Waals surface area contributed by atoms with Crippen molar-refractivity contribution in [3.05, 3.63) is 59.4 Å². The van der Waals surface area contributed by atoms with E-state index in [1.807, 2.05) is 12.1 Å². The average molecular weight is 424 g/mol. The highest BCUT2D eigenvalue weighted by atomic mass is 32.2. The van der Waals surface area contributed by atoms with Crippen molar-refractivity contribution in [2.24, 2.45) is 0 Å². The van der Waals surface area contributed by atoms with Gasteiger partial charge < -0.3 is 9.64 Å². The van der Waals surface area contributed by atoms with Crippen LogP contribution in [-0.2, 0) is 16.4 Å². The fraction of sp³-hybridized carbons (Fsp3) is 0.350. The molecule has 8 heteroatoms. The van der Waals surface area contributed by atoms with Gasteiger partial charge in [-0.2, -0.15) is 0 Å². The summed E-state index contributed by atoms with van der Waals surface area (Å²) in [5, 5.41) is -0.0417. The first-order valence-electron chi connectivity index (χ1n) is 8.83. The number of carbonyl (C=O) groups is 1. The van der Waals surface area contributed by atoms with Gasteiger partial charge in [-0.1, -0.05) is 18.2 Å². The average Bonchev–Trinajstić information content (AvgIpc) is 3.00. The molecule has 0 spiro atoms. The third-order valence-electron chi connectivity index (χ3n) is 4.58. The maximum atomic E-state index is 13.9. The van der Waals surface area contributed by atoms with Crippen LogP contribution >= 0.6 is 11.8 Å². The Morgan fingerprint density at radius 3 is 2.68 bits per heavy atom. The van der Waals surface area contributed by atoms with Crippen molar-refractivity contribution in [2.75, 3.05) is 25.7 Å². The molecule has 1 amide bonds. The van der Waals surface area contributed by atoms with Gasteiger partial charge in [0.2, 0.25) is 0 Å². The monoisotopic (exact) mass is 423 g/mol. The molecule has 0 N–H and O–H groups in total. The molecular weight excluding hydrogens is 401 g/mol. The van der Waals surface area contributed by atoms with E-state index in [9.17, 15) is 17.6 Å². The highest BCUT2D eigenvalue weighted by molar-refractivity contribution is 8.02. The summed E-state index contributed by atoms with van der Waals surface area (Å²) < 4.78 is 42.2. The predicted octanol–water partition coefficient (Wildman–Crippen LogP) is 3.39. The number of ether oxygens (including phenoxy) is 1. The van der Waals surface area contributed by atoms with Gasteiger partial charge in [-0.15, -0.1) is 11.8 Å². The molecular formula is C20H22FNO4S2. The number of nitrogens with zero attached hydrogens (tertiary/aromatic N) is 1. The van der Waals surface area contributed by atoms with Crippen LogP contribution in [0.3, 0.4) is 0 Å². The summed E-state index contributed by atoms with van der Waals surface area (Å²) in [5.74, 6) is -0.171. The lowest BCUT2D eigenvalue weighted by Gasteiger charge is -2.20. The standard InChI is InChI=1S/C20H22FNO4S2/c1-22(12-14-7-8-18(26-2)17(21)11-14)20(23)16-5-3-4-6-19(16)27-15-9-10-28(24,25)13-15/h3-8,11,15H,9-10,12-13H2,1-2H3. The molecule has 0 saturated carbocycles. The largest absolute Gasteiger partial charge is 0.494 e. The summed E-state index contributed by atoms with van der Waals surface area (Å²) in [5.41, 5.74) is 1.18. The molecule has 2 aromatic carbocycles. The Labute approximate surface area is 168 Å². The number of rotatable bonds is 6. The van der Waals surface area contributed by atoms with Crippen LogP contribution < -0.4 is 4.74 Å². The van der Waals surface area contributed by atoms with Crippen LogP contribution in [0.15, 0.2) is 47.4 Å². The van der Waals surface area contributed by atoms with Crippen LogP contribution in [0.5, 0.6) is 5.75 Å². The third-order valence-corrected chi connectivity index (χ3v) is 7.91. The van der Waals surface area contributed by atoms with E-state index in [2.05, 4.69) is 0 Å². The molecule has 150 valence electrons. The first-order valence-corrected chi connectivity index (χ1v) is 11.5. The Bertz CT molecular complexity index is 978. The molecule has 1 fully saturated rings. The summed E-state index contributed by atoms with van der Waals surface area (Å²) in [6.07, 6.45) is 0.594. The topological polar surface area (TPSA) is 63.7 Å². The molecule has 1 saturated heterocycles. The molecule has 5 nitrogen and oxygen atoms in total. The zero-order valence-corrected chi connectivity index (χ0v) is 17.4. The molecule has 1 aliphatic heterocycles. The zero-order chi connectivity index (χ0) is 20.3. The summed E-state index contributed by atoms with van der Waals surface area (Å²) in [7, 11) is 0.0819. The minimum atomic E-state index is -2.98. The molecule has 0 radical (unpaired) electrons. The Hall–Kier alpha value is -2.06. The van der Waals surface area contributed by atoms with Crippen molar-refractivity contribution in [3.8, 4) is 5.75 Å². The van der Waals surface area contributed by atoms with Crippen molar-refractivity contribution < 1.29 is 22.3 Å². The molecule has 3 rings (SSSR count). The number of thioether (sulfide) groups is 1. The lowest BCUT2D eigenvalue weighted by Crippen LogP contribution is -2.27. The van der Waals surface area contributed by atoms with E-state index in [4.69, 9.17) is 4.74 Å². The van der Waals surface area contributed by atoms with Gasteiger partial charge in [0.15, 0.2) is 21.4 Å². The number of benzene rings is 2. The number of halogens is 1. The Morgan fingerprint density at radius 2 is 2.04 bits per heavy atom. The van der Waals surface area contributed by atoms with Crippen LogP contribution in [0.2, 0.25) is 0 Å². The Morgan fingerprint density at radius 1 is 1.29 bits per heavy atom. The highest BCUT2D eigenvalue weighted by Crippen LogP contribution is 2.33. The number of amides is 1. The van der Waals surface area contributed by atoms with Gasteiger partial charge in [0.25, 0.3) is 5.91 Å². The minimum absolute atomic E-state index is 0.0417. The van der Waals surface area contributed by atoms with Crippen LogP contribution in [0, 0.1) is 5.82 Å². The maximum Gasteiger partial charge on any atom is 0.255 e. The van der Waals surface area contributed by atoms with Crippen molar-refractivity contribution in [3.63, 3.8) is 0 Å². The van der Waals surface area contributed by atoms with E-state index < -0.39 is 15.7 Å². The van der Waals surface area contributed by atoms with Crippen LogP contribution in [0.4, 0.5) is 4.39 Å². The third kappa shape index (κ3) is 4.86. The van der Waals surface area contributed by atoms with Crippen molar-refractivity contribution in [1.29, 1.82) is 0 Å². The van der Waals surface area contributed by atoms with Crippen LogP contribution in [0.1, 0.15) is 22.3 Å². The van der Waals surface area contributed by atoms with Gasteiger partial charge >= 0.3 is 0 Å². The second kappa shape index (κ2) is 8.53. The van der Waals surface area contributed by atoms with Gasteiger partial charge in [-0.3, -0.25) is 4.79 Å². The summed E-state index contributed by atoms with van der Waals surface area (Å²) in [6, 6.07) is 11.8. The smallest absolute Gasteiger partial charge is 0.255 e. The number of carbonyl (C=O) groups excluding carboxylic acids is 1. The summed E-state index contributed by atoms with van der Waals surface area (Å²) in [4.78, 5) is 15.2. The number of hydrogen-bond donors (Lipinski definition) is 0. The Kier molecular flexibility index (Phi) is 6.30. The van der Waals surface area contributed by atoms with Crippen molar-refractivity contribution in [1.82, 2.24) is 4.90 Å². The molecule has 0 aliphatic carbocycles. The number of hydrogen-bond acceptors (Lipinski definition) is 5. The molecule has 0 aromatic heterocycles. The van der Waals surface area contributed by atoms with Gasteiger partial charge in [0, 0.05) is 23.7 Å². The predicted molar refractivity (Wildman–Crippen MR) is 108 cm³/mol. The van der Waals surface area contributed by atoms with Crippen LogP contribution in [0.25, 0.3) is 0 Å². The summed E-state index contributed by atoms with van der Waals surface area (Å²) >= 11 is 1.44. The van der Waals surface area contributed by atoms with Crippen LogP contribution in [-0.4, -0.2) is 50.1 Å². The van der Waals surface area contributed by atoms with Crippen molar-refractivity contribution >= 4 is 27.5 Å². The van der Waals surface area contributed by atoms with Gasteiger partial charge in [-0.25, -0.2) is 12.8 Å². The quantitative estimate of drug-likeness (QED) is 0.713. The fourth-order valence-corrected chi connectivity index (χ4v) is 6.76.